The van der Waals surface area contributed by atoms with Crippen LogP contribution in [0.3, 0.4) is 0 Å². The van der Waals surface area contributed by atoms with Gasteiger partial charge in [0.25, 0.3) is 0 Å². The highest BCUT2D eigenvalue weighted by Crippen LogP contribution is 2.38. The number of aromatic nitrogens is 3. The molecule has 1 aliphatic heterocycles. The fourth-order valence-electron chi connectivity index (χ4n) is 6.04. The van der Waals surface area contributed by atoms with Gasteiger partial charge in [-0.2, -0.15) is 4.98 Å². The highest BCUT2D eigenvalue weighted by Gasteiger charge is 2.25. The van der Waals surface area contributed by atoms with Gasteiger partial charge in [0.1, 0.15) is 21.8 Å². The first-order valence-corrected chi connectivity index (χ1v) is 16.2. The Labute approximate surface area is 264 Å². The zero-order valence-electron chi connectivity index (χ0n) is 25.6. The molecule has 2 N–H and O–H groups in total. The van der Waals surface area contributed by atoms with Crippen LogP contribution < -0.4 is 21.0 Å². The van der Waals surface area contributed by atoms with E-state index in [1.165, 1.54) is 11.3 Å². The highest BCUT2D eigenvalue weighted by atomic mass is 32.1. The summed E-state index contributed by atoms with van der Waals surface area (Å²) in [7, 11) is 0. The number of hydrogen-bond acceptors (Lipinski definition) is 10. The van der Waals surface area contributed by atoms with E-state index >= 15 is 0 Å². The zero-order valence-corrected chi connectivity index (χ0v) is 26.4. The average molecular weight is 629 g/mol. The van der Waals surface area contributed by atoms with Crippen LogP contribution >= 0.6 is 11.3 Å². The molecule has 2 fully saturated rings. The Morgan fingerprint density at radius 2 is 1.84 bits per heavy atom. The Bertz CT molecular complexity index is 1910. The lowest BCUT2D eigenvalue weighted by molar-refractivity contribution is 0.0634. The Hall–Kier alpha value is -4.42. The molecule has 1 saturated heterocycles. The smallest absolute Gasteiger partial charge is 0.413 e. The molecule has 4 aromatic heterocycles. The van der Waals surface area contributed by atoms with E-state index in [9.17, 15) is 9.59 Å². The molecule has 0 unspecified atom stereocenters. The number of benzene rings is 1. The number of amides is 1. The summed E-state index contributed by atoms with van der Waals surface area (Å²) >= 11 is 1.40. The third-order valence-electron chi connectivity index (χ3n) is 8.10. The molecule has 45 heavy (non-hydrogen) atoms. The summed E-state index contributed by atoms with van der Waals surface area (Å²) in [6, 6.07) is 11.6. The van der Waals surface area contributed by atoms with Crippen molar-refractivity contribution < 1.29 is 18.7 Å². The molecular weight excluding hydrogens is 592 g/mol. The van der Waals surface area contributed by atoms with Crippen LogP contribution in [0.1, 0.15) is 52.5 Å². The lowest BCUT2D eigenvalue weighted by atomic mass is 10.1. The normalized spacial score (nSPS) is 16.0. The van der Waals surface area contributed by atoms with Crippen molar-refractivity contribution in [2.24, 2.45) is 0 Å². The second-order valence-electron chi connectivity index (χ2n) is 12.5. The first kappa shape index (κ1) is 29.3. The van der Waals surface area contributed by atoms with Gasteiger partial charge in [0.05, 0.1) is 13.2 Å². The van der Waals surface area contributed by atoms with E-state index in [1.807, 2.05) is 56.5 Å². The molecule has 1 aliphatic carbocycles. The maximum atomic E-state index is 12.9. The molecule has 11 nitrogen and oxygen atoms in total. The van der Waals surface area contributed by atoms with Crippen LogP contribution in [0, 0.1) is 0 Å². The molecule has 0 bridgehead atoms. The second-order valence-corrected chi connectivity index (χ2v) is 13.4. The van der Waals surface area contributed by atoms with E-state index in [0.717, 1.165) is 53.5 Å². The van der Waals surface area contributed by atoms with Gasteiger partial charge < -0.3 is 28.7 Å². The SMILES string of the molecule is CC(C)(C)OC(=O)Nc1cc2cnc(Nc3ccc(-c4csc5c(=O)cc(N6CCOCC6)oc45)cc3)nc2n1C1CCCC1. The summed E-state index contributed by atoms with van der Waals surface area (Å²) in [5.41, 5.74) is 3.37. The number of hydrogen-bond donors (Lipinski definition) is 2. The summed E-state index contributed by atoms with van der Waals surface area (Å²) in [4.78, 5) is 37.0. The molecule has 7 rings (SSSR count). The van der Waals surface area contributed by atoms with Crippen LogP contribution in [0.4, 0.5) is 28.1 Å². The number of fused-ring (bicyclic) bond motifs is 2. The number of morpholine rings is 1. The summed E-state index contributed by atoms with van der Waals surface area (Å²) < 4.78 is 20.0. The molecule has 2 aliphatic rings. The maximum absolute atomic E-state index is 12.9. The number of carbonyl (C=O) groups excluding carboxylic acids is 1. The van der Waals surface area contributed by atoms with E-state index in [-0.39, 0.29) is 11.5 Å². The van der Waals surface area contributed by atoms with E-state index in [1.54, 1.807) is 12.3 Å². The summed E-state index contributed by atoms with van der Waals surface area (Å²) in [5.74, 6) is 1.69. The minimum Gasteiger partial charge on any atom is -0.444 e. The van der Waals surface area contributed by atoms with Crippen molar-refractivity contribution in [1.29, 1.82) is 0 Å². The largest absolute Gasteiger partial charge is 0.444 e. The van der Waals surface area contributed by atoms with E-state index in [2.05, 4.69) is 25.1 Å². The van der Waals surface area contributed by atoms with Crippen molar-refractivity contribution in [2.75, 3.05) is 41.8 Å². The molecule has 0 atom stereocenters. The zero-order chi connectivity index (χ0) is 31.1. The number of nitrogens with one attached hydrogen (secondary N) is 2. The highest BCUT2D eigenvalue weighted by molar-refractivity contribution is 7.17. The molecule has 5 heterocycles. The first-order valence-electron chi connectivity index (χ1n) is 15.4. The maximum Gasteiger partial charge on any atom is 0.413 e. The average Bonchev–Trinajstić information content (AvgIpc) is 3.76. The Kier molecular flexibility index (Phi) is 7.70. The summed E-state index contributed by atoms with van der Waals surface area (Å²) in [6.45, 7) is 8.14. The van der Waals surface area contributed by atoms with Crippen molar-refractivity contribution in [3.05, 3.63) is 58.2 Å². The second kappa shape index (κ2) is 11.8. The molecule has 234 valence electrons. The lowest BCUT2D eigenvalue weighted by Gasteiger charge is -2.27. The minimum absolute atomic E-state index is 0.0355. The van der Waals surface area contributed by atoms with Crippen LogP contribution in [0.15, 0.2) is 57.2 Å². The molecule has 1 saturated carbocycles. The number of carbonyl (C=O) groups is 1. The lowest BCUT2D eigenvalue weighted by Crippen LogP contribution is -2.36. The Morgan fingerprint density at radius 1 is 1.09 bits per heavy atom. The van der Waals surface area contributed by atoms with Crippen LogP contribution in [-0.4, -0.2) is 52.5 Å². The predicted octanol–water partition coefficient (Wildman–Crippen LogP) is 7.31. The number of nitrogens with zero attached hydrogens (tertiary/aromatic N) is 4. The molecule has 5 aromatic rings. The van der Waals surface area contributed by atoms with Crippen molar-refractivity contribution in [2.45, 2.75) is 58.1 Å². The van der Waals surface area contributed by atoms with Crippen molar-refractivity contribution >= 4 is 62.1 Å². The Balaban J connectivity index is 1.15. The van der Waals surface area contributed by atoms with Gasteiger partial charge in [0.15, 0.2) is 11.5 Å². The van der Waals surface area contributed by atoms with Gasteiger partial charge in [0.2, 0.25) is 11.4 Å². The fraction of sp³-hybridized carbons (Fsp3) is 0.394. The molecular formula is C33H36N6O5S. The van der Waals surface area contributed by atoms with Crippen molar-refractivity contribution in [3.8, 4) is 11.1 Å². The molecule has 0 spiro atoms. The monoisotopic (exact) mass is 628 g/mol. The van der Waals surface area contributed by atoms with E-state index in [0.29, 0.717) is 54.2 Å². The summed E-state index contributed by atoms with van der Waals surface area (Å²) in [6.07, 6.45) is 5.59. The van der Waals surface area contributed by atoms with Gasteiger partial charge in [0, 0.05) is 53.4 Å². The standard InChI is InChI=1S/C33H36N6O5S/c1-33(2,3)44-32(41)36-26-16-21-18-34-31(37-30(21)39(26)23-6-4-5-7-23)35-22-10-8-20(9-11-22)24-19-45-29-25(40)17-27(43-28(24)29)38-12-14-42-15-13-38/h8-11,16-19,23H,4-7,12-15H2,1-3H3,(H,36,41)(H,34,35,37). The van der Waals surface area contributed by atoms with Crippen molar-refractivity contribution in [3.63, 3.8) is 0 Å². The van der Waals surface area contributed by atoms with Gasteiger partial charge >= 0.3 is 6.09 Å². The fourth-order valence-corrected chi connectivity index (χ4v) is 6.95. The van der Waals surface area contributed by atoms with Gasteiger partial charge in [-0.3, -0.25) is 10.1 Å². The number of ether oxygens (including phenoxy) is 2. The number of rotatable bonds is 6. The molecule has 1 aromatic carbocycles. The number of anilines is 4. The van der Waals surface area contributed by atoms with E-state index < -0.39 is 11.7 Å². The van der Waals surface area contributed by atoms with Crippen LogP contribution in [0.5, 0.6) is 0 Å². The topological polar surface area (TPSA) is 124 Å². The van der Waals surface area contributed by atoms with Gasteiger partial charge in [-0.05, 0) is 57.4 Å². The predicted molar refractivity (Wildman–Crippen MR) is 177 cm³/mol. The third-order valence-corrected chi connectivity index (χ3v) is 9.08. The molecule has 0 radical (unpaired) electrons. The van der Waals surface area contributed by atoms with Gasteiger partial charge in [-0.15, -0.1) is 11.3 Å². The first-order chi connectivity index (χ1) is 21.7. The minimum atomic E-state index is -0.600. The number of thiophene rings is 1. The molecule has 12 heteroatoms. The van der Waals surface area contributed by atoms with Gasteiger partial charge in [-0.25, -0.2) is 9.78 Å². The van der Waals surface area contributed by atoms with Crippen LogP contribution in [-0.2, 0) is 9.47 Å². The van der Waals surface area contributed by atoms with Crippen molar-refractivity contribution in [1.82, 2.24) is 14.5 Å². The molecule has 1 amide bonds. The third kappa shape index (κ3) is 6.12. The van der Waals surface area contributed by atoms with Crippen LogP contribution in [0.2, 0.25) is 0 Å². The summed E-state index contributed by atoms with van der Waals surface area (Å²) in [5, 5.41) is 9.08. The van der Waals surface area contributed by atoms with Gasteiger partial charge in [-0.1, -0.05) is 25.0 Å². The Morgan fingerprint density at radius 3 is 2.58 bits per heavy atom. The van der Waals surface area contributed by atoms with E-state index in [4.69, 9.17) is 18.9 Å². The van der Waals surface area contributed by atoms with Crippen LogP contribution in [0.25, 0.3) is 32.4 Å². The quantitative estimate of drug-likeness (QED) is 0.199.